The van der Waals surface area contributed by atoms with Crippen LogP contribution in [0.2, 0.25) is 5.02 Å². The molecule has 2 unspecified atom stereocenters. The van der Waals surface area contributed by atoms with Crippen LogP contribution in [0.3, 0.4) is 0 Å². The minimum Gasteiger partial charge on any atom is -0.329 e. The number of fused-ring (bicyclic) bond motifs is 1. The molecule has 1 heterocycles. The van der Waals surface area contributed by atoms with Crippen LogP contribution in [-0.4, -0.2) is 9.55 Å². The second kappa shape index (κ2) is 5.29. The largest absolute Gasteiger partial charge is 0.329 e. The van der Waals surface area contributed by atoms with Crippen LogP contribution in [0.25, 0.3) is 11.0 Å². The van der Waals surface area contributed by atoms with Gasteiger partial charge in [-0.05, 0) is 49.0 Å². The van der Waals surface area contributed by atoms with Crippen LogP contribution in [-0.2, 0) is 6.54 Å². The monoisotopic (exact) mass is 294 g/mol. The van der Waals surface area contributed by atoms with Crippen molar-refractivity contribution in [3.63, 3.8) is 0 Å². The Morgan fingerprint density at radius 2 is 2.26 bits per heavy atom. The molecule has 0 spiro atoms. The van der Waals surface area contributed by atoms with E-state index in [9.17, 15) is 0 Å². The molecule has 1 aromatic heterocycles. The van der Waals surface area contributed by atoms with E-state index >= 15 is 0 Å². The lowest BCUT2D eigenvalue weighted by Gasteiger charge is -2.27. The van der Waals surface area contributed by atoms with Crippen molar-refractivity contribution < 1.29 is 0 Å². The molecule has 0 amide bonds. The highest BCUT2D eigenvalue weighted by Crippen LogP contribution is 2.31. The molecule has 4 heteroatoms. The van der Waals surface area contributed by atoms with E-state index in [4.69, 9.17) is 23.8 Å². The van der Waals surface area contributed by atoms with Gasteiger partial charge in [-0.2, -0.15) is 0 Å². The molecular formula is C15H19ClN2S. The lowest BCUT2D eigenvalue weighted by atomic mass is 9.82. The first-order valence-corrected chi connectivity index (χ1v) is 7.81. The van der Waals surface area contributed by atoms with Gasteiger partial charge in [-0.3, -0.25) is 0 Å². The molecule has 19 heavy (non-hydrogen) atoms. The molecular weight excluding hydrogens is 276 g/mol. The minimum absolute atomic E-state index is 0.744. The molecule has 0 saturated heterocycles. The molecule has 1 aliphatic carbocycles. The molecule has 1 aliphatic rings. The predicted molar refractivity (Wildman–Crippen MR) is 83.3 cm³/mol. The maximum Gasteiger partial charge on any atom is 0.178 e. The lowest BCUT2D eigenvalue weighted by molar-refractivity contribution is 0.258. The Hall–Kier alpha value is -0.800. The third kappa shape index (κ3) is 2.59. The van der Waals surface area contributed by atoms with Crippen molar-refractivity contribution in [1.82, 2.24) is 9.55 Å². The predicted octanol–water partition coefficient (Wildman–Crippen LogP) is 5.18. The minimum atomic E-state index is 0.744. The van der Waals surface area contributed by atoms with Gasteiger partial charge in [0.25, 0.3) is 0 Å². The van der Waals surface area contributed by atoms with Gasteiger partial charge in [0.1, 0.15) is 0 Å². The number of hydrogen-bond donors (Lipinski definition) is 1. The second-order valence-corrected chi connectivity index (χ2v) is 6.61. The van der Waals surface area contributed by atoms with Crippen LogP contribution in [0.5, 0.6) is 0 Å². The standard InChI is InChI=1S/C15H19ClN2S/c1-10-4-2-5-11(8-10)9-18-13-7-3-6-12(16)14(13)17-15(18)19/h3,6-7,10-11H,2,4-5,8-9H2,1H3,(H,17,19). The van der Waals surface area contributed by atoms with Crippen LogP contribution in [0.15, 0.2) is 18.2 Å². The topological polar surface area (TPSA) is 20.7 Å². The molecule has 1 aromatic carbocycles. The highest BCUT2D eigenvalue weighted by atomic mass is 35.5. The van der Waals surface area contributed by atoms with E-state index in [2.05, 4.69) is 22.5 Å². The summed E-state index contributed by atoms with van der Waals surface area (Å²) in [5, 5.41) is 0.749. The molecule has 2 aromatic rings. The smallest absolute Gasteiger partial charge is 0.178 e. The number of nitrogens with one attached hydrogen (secondary N) is 1. The first-order valence-electron chi connectivity index (χ1n) is 7.02. The molecule has 1 N–H and O–H groups in total. The summed E-state index contributed by atoms with van der Waals surface area (Å²) < 4.78 is 3.01. The van der Waals surface area contributed by atoms with Gasteiger partial charge >= 0.3 is 0 Å². The Labute approximate surface area is 123 Å². The Morgan fingerprint density at radius 3 is 3.05 bits per heavy atom. The summed E-state index contributed by atoms with van der Waals surface area (Å²) in [7, 11) is 0. The summed E-state index contributed by atoms with van der Waals surface area (Å²) in [5.41, 5.74) is 2.11. The molecule has 2 atom stereocenters. The highest BCUT2D eigenvalue weighted by molar-refractivity contribution is 7.71. The van der Waals surface area contributed by atoms with E-state index in [0.717, 1.165) is 39.2 Å². The molecule has 102 valence electrons. The van der Waals surface area contributed by atoms with Crippen LogP contribution in [0, 0.1) is 16.6 Å². The number of aromatic nitrogens is 2. The molecule has 0 bridgehead atoms. The molecule has 1 saturated carbocycles. The number of para-hydroxylation sites is 1. The molecule has 0 aliphatic heterocycles. The number of imidazole rings is 1. The van der Waals surface area contributed by atoms with E-state index in [1.165, 1.54) is 25.7 Å². The van der Waals surface area contributed by atoms with Gasteiger partial charge in [0, 0.05) is 6.54 Å². The molecule has 2 nitrogen and oxygen atoms in total. The average Bonchev–Trinajstić information content (AvgIpc) is 2.69. The van der Waals surface area contributed by atoms with E-state index < -0.39 is 0 Å². The van der Waals surface area contributed by atoms with Crippen molar-refractivity contribution >= 4 is 34.9 Å². The van der Waals surface area contributed by atoms with Gasteiger partial charge in [0.15, 0.2) is 4.77 Å². The first-order chi connectivity index (χ1) is 9.15. The summed E-state index contributed by atoms with van der Waals surface area (Å²) in [6.45, 7) is 3.38. The number of halogens is 1. The molecule has 1 fully saturated rings. The van der Waals surface area contributed by atoms with Gasteiger partial charge in [-0.15, -0.1) is 0 Å². The third-order valence-electron chi connectivity index (χ3n) is 4.25. The number of hydrogen-bond acceptors (Lipinski definition) is 1. The van der Waals surface area contributed by atoms with Gasteiger partial charge in [-0.1, -0.05) is 37.4 Å². The Morgan fingerprint density at radius 1 is 1.42 bits per heavy atom. The fraction of sp³-hybridized carbons (Fsp3) is 0.533. The summed E-state index contributed by atoms with van der Waals surface area (Å²) >= 11 is 11.7. The van der Waals surface area contributed by atoms with Crippen LogP contribution in [0.4, 0.5) is 0 Å². The van der Waals surface area contributed by atoms with E-state index in [1.54, 1.807) is 0 Å². The fourth-order valence-corrected chi connectivity index (χ4v) is 3.80. The Bertz CT molecular complexity index is 643. The van der Waals surface area contributed by atoms with Gasteiger partial charge in [0.05, 0.1) is 16.1 Å². The summed E-state index contributed by atoms with van der Waals surface area (Å²) in [4.78, 5) is 3.24. The summed E-state index contributed by atoms with van der Waals surface area (Å²) in [6.07, 6.45) is 5.36. The average molecular weight is 295 g/mol. The molecule has 0 radical (unpaired) electrons. The highest BCUT2D eigenvalue weighted by Gasteiger charge is 2.20. The lowest BCUT2D eigenvalue weighted by Crippen LogP contribution is -2.18. The zero-order chi connectivity index (χ0) is 13.4. The number of H-pyrrole nitrogens is 1. The maximum absolute atomic E-state index is 6.22. The summed E-state index contributed by atoms with van der Waals surface area (Å²) in [5.74, 6) is 1.59. The zero-order valence-electron chi connectivity index (χ0n) is 11.2. The van der Waals surface area contributed by atoms with Crippen molar-refractivity contribution in [3.05, 3.63) is 28.0 Å². The normalized spacial score (nSPS) is 23.9. The van der Waals surface area contributed by atoms with E-state index in [1.807, 2.05) is 12.1 Å². The third-order valence-corrected chi connectivity index (χ3v) is 4.88. The number of nitrogens with zero attached hydrogens (tertiary/aromatic N) is 1. The van der Waals surface area contributed by atoms with Crippen molar-refractivity contribution in [1.29, 1.82) is 0 Å². The van der Waals surface area contributed by atoms with Crippen LogP contribution < -0.4 is 0 Å². The Kier molecular flexibility index (Phi) is 3.68. The maximum atomic E-state index is 6.22. The van der Waals surface area contributed by atoms with Crippen molar-refractivity contribution in [2.75, 3.05) is 0 Å². The van der Waals surface area contributed by atoms with Crippen LogP contribution in [0.1, 0.15) is 32.6 Å². The second-order valence-electron chi connectivity index (χ2n) is 5.81. The van der Waals surface area contributed by atoms with Crippen molar-refractivity contribution in [2.45, 2.75) is 39.2 Å². The van der Waals surface area contributed by atoms with Crippen molar-refractivity contribution in [2.24, 2.45) is 11.8 Å². The summed E-state index contributed by atoms with van der Waals surface area (Å²) in [6, 6.07) is 6.00. The van der Waals surface area contributed by atoms with Crippen LogP contribution >= 0.6 is 23.8 Å². The van der Waals surface area contributed by atoms with Crippen molar-refractivity contribution in [3.8, 4) is 0 Å². The number of benzene rings is 1. The van der Waals surface area contributed by atoms with Gasteiger partial charge in [0.2, 0.25) is 0 Å². The van der Waals surface area contributed by atoms with Gasteiger partial charge in [-0.25, -0.2) is 0 Å². The number of aromatic amines is 1. The Balaban J connectivity index is 1.94. The van der Waals surface area contributed by atoms with Gasteiger partial charge < -0.3 is 9.55 Å². The first kappa shape index (κ1) is 13.2. The fourth-order valence-electron chi connectivity index (χ4n) is 3.31. The SMILES string of the molecule is CC1CCCC(Cn2c(=S)[nH]c3c(Cl)cccc32)C1. The van der Waals surface area contributed by atoms with E-state index in [-0.39, 0.29) is 0 Å². The number of rotatable bonds is 2. The zero-order valence-corrected chi connectivity index (χ0v) is 12.7. The van der Waals surface area contributed by atoms with E-state index in [0.29, 0.717) is 0 Å². The quantitative estimate of drug-likeness (QED) is 0.757. The molecule has 3 rings (SSSR count).